The smallest absolute Gasteiger partial charge is 0.338 e. The van der Waals surface area contributed by atoms with E-state index in [4.69, 9.17) is 0 Å². The standard InChI is InChI=1S/C13H24F3N3O2S/c1-10-8-18(6-7-19(10)9-13(14,15)16)12(20)17-5-4-11(2)22(3)21/h10-11H,4-9H2,1-3H3,(H,17,20). The molecule has 3 atom stereocenters. The molecule has 0 aromatic heterocycles. The summed E-state index contributed by atoms with van der Waals surface area (Å²) >= 11 is 0. The minimum Gasteiger partial charge on any atom is -0.338 e. The first kappa shape index (κ1) is 19.2. The van der Waals surface area contributed by atoms with Gasteiger partial charge in [0, 0.05) is 54.5 Å². The van der Waals surface area contributed by atoms with Crippen LogP contribution < -0.4 is 5.32 Å². The van der Waals surface area contributed by atoms with Gasteiger partial charge in [-0.3, -0.25) is 9.11 Å². The second-order valence-corrected chi connectivity index (χ2v) is 7.51. The molecule has 22 heavy (non-hydrogen) atoms. The summed E-state index contributed by atoms with van der Waals surface area (Å²) in [5.74, 6) is 0. The van der Waals surface area contributed by atoms with Gasteiger partial charge in [-0.05, 0) is 13.3 Å². The summed E-state index contributed by atoms with van der Waals surface area (Å²) in [5, 5.41) is 2.74. The molecule has 9 heteroatoms. The number of urea groups is 1. The van der Waals surface area contributed by atoms with Gasteiger partial charge in [-0.2, -0.15) is 13.2 Å². The molecule has 1 aliphatic rings. The fourth-order valence-corrected chi connectivity index (χ4v) is 2.75. The van der Waals surface area contributed by atoms with E-state index in [0.717, 1.165) is 0 Å². The molecule has 0 aliphatic carbocycles. The molecule has 1 heterocycles. The van der Waals surface area contributed by atoms with E-state index in [9.17, 15) is 22.2 Å². The van der Waals surface area contributed by atoms with Crippen LogP contribution in [0.15, 0.2) is 0 Å². The normalized spacial score (nSPS) is 23.2. The molecule has 1 N–H and O–H groups in total. The van der Waals surface area contributed by atoms with E-state index in [0.29, 0.717) is 13.0 Å². The van der Waals surface area contributed by atoms with Gasteiger partial charge in [0.15, 0.2) is 0 Å². The first-order valence-corrected chi connectivity index (χ1v) is 8.88. The highest BCUT2D eigenvalue weighted by Gasteiger charge is 2.35. The third kappa shape index (κ3) is 6.51. The highest BCUT2D eigenvalue weighted by Crippen LogP contribution is 2.20. The highest BCUT2D eigenvalue weighted by atomic mass is 32.2. The summed E-state index contributed by atoms with van der Waals surface area (Å²) < 4.78 is 48.5. The van der Waals surface area contributed by atoms with Crippen molar-refractivity contribution < 1.29 is 22.2 Å². The molecule has 0 bridgehead atoms. The zero-order chi connectivity index (χ0) is 16.9. The topological polar surface area (TPSA) is 52.7 Å². The van der Waals surface area contributed by atoms with E-state index in [1.54, 1.807) is 13.2 Å². The Hall–Kier alpha value is -0.830. The molecule has 1 fully saturated rings. The summed E-state index contributed by atoms with van der Waals surface area (Å²) in [5.41, 5.74) is 0. The lowest BCUT2D eigenvalue weighted by Gasteiger charge is -2.40. The molecular weight excluding hydrogens is 319 g/mol. The zero-order valence-corrected chi connectivity index (χ0v) is 14.0. The van der Waals surface area contributed by atoms with E-state index >= 15 is 0 Å². The highest BCUT2D eigenvalue weighted by molar-refractivity contribution is 7.84. The fraction of sp³-hybridized carbons (Fsp3) is 0.923. The molecular formula is C13H24F3N3O2S. The number of carbonyl (C=O) groups excluding carboxylic acids is 1. The Morgan fingerprint density at radius 3 is 2.55 bits per heavy atom. The number of rotatable bonds is 5. The number of carbonyl (C=O) groups is 1. The van der Waals surface area contributed by atoms with Crippen molar-refractivity contribution in [1.82, 2.24) is 15.1 Å². The summed E-state index contributed by atoms with van der Waals surface area (Å²) in [6.07, 6.45) is -1.99. The summed E-state index contributed by atoms with van der Waals surface area (Å²) in [4.78, 5) is 14.9. The van der Waals surface area contributed by atoms with Crippen molar-refractivity contribution in [2.75, 3.05) is 39.0 Å². The van der Waals surface area contributed by atoms with Crippen LogP contribution >= 0.6 is 0 Å². The van der Waals surface area contributed by atoms with E-state index in [-0.39, 0.29) is 37.0 Å². The monoisotopic (exact) mass is 343 g/mol. The SMILES string of the molecule is CC1CN(C(=O)NCCC(C)S(C)=O)CCN1CC(F)(F)F. The van der Waals surface area contributed by atoms with E-state index in [1.165, 1.54) is 9.80 Å². The van der Waals surface area contributed by atoms with Crippen LogP contribution in [0.2, 0.25) is 0 Å². The Bertz CT molecular complexity index is 406. The molecule has 0 saturated carbocycles. The molecule has 0 spiro atoms. The molecule has 0 aromatic carbocycles. The van der Waals surface area contributed by atoms with Crippen molar-refractivity contribution in [3.05, 3.63) is 0 Å². The first-order chi connectivity index (χ1) is 10.1. The second-order valence-electron chi connectivity index (χ2n) is 5.71. The fourth-order valence-electron chi connectivity index (χ4n) is 2.31. The summed E-state index contributed by atoms with van der Waals surface area (Å²) in [6, 6.07) is -0.601. The Morgan fingerprint density at radius 2 is 2.05 bits per heavy atom. The van der Waals surface area contributed by atoms with Gasteiger partial charge in [-0.1, -0.05) is 6.92 Å². The van der Waals surface area contributed by atoms with Crippen LogP contribution in [0.1, 0.15) is 20.3 Å². The predicted octanol–water partition coefficient (Wildman–Crippen LogP) is 1.42. The lowest BCUT2D eigenvalue weighted by atomic mass is 10.2. The van der Waals surface area contributed by atoms with Crippen LogP contribution in [-0.4, -0.2) is 76.5 Å². The van der Waals surface area contributed by atoms with Crippen molar-refractivity contribution >= 4 is 16.8 Å². The minimum atomic E-state index is -4.22. The van der Waals surface area contributed by atoms with Crippen molar-refractivity contribution in [2.24, 2.45) is 0 Å². The zero-order valence-electron chi connectivity index (χ0n) is 13.2. The van der Waals surface area contributed by atoms with Crippen molar-refractivity contribution in [2.45, 2.75) is 37.7 Å². The van der Waals surface area contributed by atoms with Crippen molar-refractivity contribution in [3.8, 4) is 0 Å². The minimum absolute atomic E-state index is 0.00264. The van der Waals surface area contributed by atoms with Crippen LogP contribution in [0, 0.1) is 0 Å². The van der Waals surface area contributed by atoms with Crippen LogP contribution in [0.25, 0.3) is 0 Å². The molecule has 2 amide bonds. The largest absolute Gasteiger partial charge is 0.401 e. The number of nitrogens with one attached hydrogen (secondary N) is 1. The van der Waals surface area contributed by atoms with Gasteiger partial charge in [-0.15, -0.1) is 0 Å². The quantitative estimate of drug-likeness (QED) is 0.821. The Balaban J connectivity index is 2.36. The maximum absolute atomic E-state index is 12.4. The molecule has 0 aromatic rings. The van der Waals surface area contributed by atoms with Crippen LogP contribution in [0.3, 0.4) is 0 Å². The second kappa shape index (κ2) is 8.14. The van der Waals surface area contributed by atoms with Crippen LogP contribution in [-0.2, 0) is 10.8 Å². The van der Waals surface area contributed by atoms with Crippen LogP contribution in [0.5, 0.6) is 0 Å². The molecule has 0 radical (unpaired) electrons. The van der Waals surface area contributed by atoms with Gasteiger partial charge >= 0.3 is 12.2 Å². The summed E-state index contributed by atoms with van der Waals surface area (Å²) in [7, 11) is -0.928. The molecule has 5 nitrogen and oxygen atoms in total. The Morgan fingerprint density at radius 1 is 1.41 bits per heavy atom. The first-order valence-electron chi connectivity index (χ1n) is 7.26. The predicted molar refractivity (Wildman–Crippen MR) is 80.2 cm³/mol. The third-order valence-electron chi connectivity index (χ3n) is 3.83. The van der Waals surface area contributed by atoms with Gasteiger partial charge in [0.05, 0.1) is 6.54 Å². The van der Waals surface area contributed by atoms with Gasteiger partial charge < -0.3 is 10.2 Å². The van der Waals surface area contributed by atoms with Crippen LogP contribution in [0.4, 0.5) is 18.0 Å². The van der Waals surface area contributed by atoms with Gasteiger partial charge in [0.25, 0.3) is 0 Å². The van der Waals surface area contributed by atoms with E-state index in [1.807, 2.05) is 6.92 Å². The maximum atomic E-state index is 12.4. The van der Waals surface area contributed by atoms with Crippen molar-refractivity contribution in [1.29, 1.82) is 0 Å². The molecule has 130 valence electrons. The van der Waals surface area contributed by atoms with Gasteiger partial charge in [0.1, 0.15) is 0 Å². The average molecular weight is 343 g/mol. The molecule has 1 aliphatic heterocycles. The lowest BCUT2D eigenvalue weighted by molar-refractivity contribution is -0.153. The van der Waals surface area contributed by atoms with Gasteiger partial charge in [0.2, 0.25) is 0 Å². The van der Waals surface area contributed by atoms with E-state index in [2.05, 4.69) is 5.32 Å². The third-order valence-corrected chi connectivity index (χ3v) is 5.20. The summed E-state index contributed by atoms with van der Waals surface area (Å²) in [6.45, 7) is 3.77. The van der Waals surface area contributed by atoms with E-state index < -0.39 is 23.5 Å². The number of nitrogens with zero attached hydrogens (tertiary/aromatic N) is 2. The maximum Gasteiger partial charge on any atom is 0.401 e. The molecule has 1 saturated heterocycles. The van der Waals surface area contributed by atoms with Crippen molar-refractivity contribution in [3.63, 3.8) is 0 Å². The number of amides is 2. The van der Waals surface area contributed by atoms with Gasteiger partial charge in [-0.25, -0.2) is 4.79 Å². The number of halogens is 3. The number of hydrogen-bond donors (Lipinski definition) is 1. The average Bonchev–Trinajstić information content (AvgIpc) is 2.39. The number of piperazine rings is 1. The number of alkyl halides is 3. The Kier molecular flexibility index (Phi) is 7.11. The lowest BCUT2D eigenvalue weighted by Crippen LogP contribution is -2.57. The molecule has 1 rings (SSSR count). The molecule has 3 unspecified atom stereocenters. The Labute approximate surface area is 131 Å². The number of hydrogen-bond acceptors (Lipinski definition) is 3.